The number of benzene rings is 2. The van der Waals surface area contributed by atoms with E-state index in [9.17, 15) is 22.8 Å². The summed E-state index contributed by atoms with van der Waals surface area (Å²) in [6, 6.07) is 11.1. The summed E-state index contributed by atoms with van der Waals surface area (Å²) in [4.78, 5) is 21.3. The summed E-state index contributed by atoms with van der Waals surface area (Å²) >= 11 is 21.5. The van der Waals surface area contributed by atoms with Gasteiger partial charge in [-0.3, -0.25) is 21.3 Å². The van der Waals surface area contributed by atoms with E-state index < -0.39 is 28.6 Å². The van der Waals surface area contributed by atoms with Gasteiger partial charge in [-0.25, -0.2) is 0 Å². The maximum absolute atomic E-state index is 12.2. The lowest BCUT2D eigenvalue weighted by Crippen LogP contribution is -2.14. The van der Waals surface area contributed by atoms with Crippen molar-refractivity contribution >= 4 is 56.9 Å². The quantitative estimate of drug-likeness (QED) is 0.364. The predicted molar refractivity (Wildman–Crippen MR) is 101 cm³/mol. The van der Waals surface area contributed by atoms with Gasteiger partial charge in [-0.05, 0) is 40.9 Å². The van der Waals surface area contributed by atoms with Crippen molar-refractivity contribution < 1.29 is 22.8 Å². The molecule has 11 heteroatoms. The monoisotopic (exact) mass is 462 g/mol. The molecule has 0 aliphatic heterocycles. The Labute approximate surface area is 173 Å². The summed E-state index contributed by atoms with van der Waals surface area (Å²) in [5.41, 5.74) is -0.144. The highest BCUT2D eigenvalue weighted by atomic mass is 35.5. The van der Waals surface area contributed by atoms with E-state index in [0.29, 0.717) is 5.56 Å². The molecule has 2 aromatic rings. The number of carbonyl (C=O) groups is 2. The number of rotatable bonds is 3. The molecule has 0 aliphatic rings. The van der Waals surface area contributed by atoms with Crippen molar-refractivity contribution in [3.05, 3.63) is 69.2 Å². The minimum atomic E-state index is -4.49. The highest BCUT2D eigenvalue weighted by molar-refractivity contribution is 6.68. The third kappa shape index (κ3) is 9.41. The average molecular weight is 464 g/mol. The van der Waals surface area contributed by atoms with Gasteiger partial charge in [0.05, 0.1) is 16.5 Å². The number of hydrogen-bond acceptors (Lipinski definition) is 4. The molecule has 148 valence electrons. The van der Waals surface area contributed by atoms with Crippen LogP contribution in [0.4, 0.5) is 13.2 Å². The Balaban J connectivity index is 0.000000519. The molecule has 2 rings (SSSR count). The summed E-state index contributed by atoms with van der Waals surface area (Å²) in [6.45, 7) is 0. The van der Waals surface area contributed by atoms with E-state index in [4.69, 9.17) is 46.4 Å². The van der Waals surface area contributed by atoms with Crippen molar-refractivity contribution in [3.8, 4) is 0 Å². The molecule has 4 nitrogen and oxygen atoms in total. The minimum Gasteiger partial charge on any atom is -0.276 e. The van der Waals surface area contributed by atoms with E-state index in [-0.39, 0.29) is 15.6 Å². The van der Waals surface area contributed by atoms with Crippen molar-refractivity contribution in [3.63, 3.8) is 0 Å². The number of alkyl halides is 3. The first kappa shape index (κ1) is 25.6. The largest absolute Gasteiger partial charge is 0.393 e. The minimum absolute atomic E-state index is 0.0532. The van der Waals surface area contributed by atoms with Crippen LogP contribution in [0.3, 0.4) is 0 Å². The second kappa shape index (κ2) is 12.2. The zero-order chi connectivity index (χ0) is 21.2. The number of carbonyl (C=O) groups excluding carboxylic acids is 2. The second-order valence-corrected chi connectivity index (χ2v) is 6.06. The number of nitrogens with two attached hydrogens (primary N) is 2. The summed E-state index contributed by atoms with van der Waals surface area (Å²) < 4.78 is 36.7. The number of halogens is 7. The Morgan fingerprint density at radius 3 is 1.78 bits per heavy atom. The van der Waals surface area contributed by atoms with Crippen LogP contribution in [0.25, 0.3) is 0 Å². The molecule has 0 heterocycles. The lowest BCUT2D eigenvalue weighted by atomic mass is 10.1. The van der Waals surface area contributed by atoms with Gasteiger partial charge in [0.15, 0.2) is 0 Å². The summed E-state index contributed by atoms with van der Waals surface area (Å²) in [5.74, 6) is 8.00. The Morgan fingerprint density at radius 2 is 1.41 bits per heavy atom. The van der Waals surface area contributed by atoms with E-state index >= 15 is 0 Å². The van der Waals surface area contributed by atoms with Crippen molar-refractivity contribution in [1.29, 1.82) is 0 Å². The Hall–Kier alpha value is -1.35. The SMILES string of the molecule is NN.O=C(Cl)c1ccc(Cl)c(Cl)c1CC(F)(F)F.O=C(Cl)c1ccccc1. The highest BCUT2D eigenvalue weighted by Crippen LogP contribution is 2.34. The normalized spacial score (nSPS) is 10.1. The molecule has 0 saturated heterocycles. The van der Waals surface area contributed by atoms with Gasteiger partial charge in [0.2, 0.25) is 0 Å². The Bertz CT molecular complexity index is 772. The van der Waals surface area contributed by atoms with Crippen LogP contribution in [-0.2, 0) is 6.42 Å². The number of hydrazine groups is 1. The smallest absolute Gasteiger partial charge is 0.276 e. The van der Waals surface area contributed by atoms with Crippen LogP contribution in [0.1, 0.15) is 26.3 Å². The summed E-state index contributed by atoms with van der Waals surface area (Å²) in [7, 11) is 0. The average Bonchev–Trinajstić information content (AvgIpc) is 2.61. The molecule has 0 atom stereocenters. The fourth-order valence-electron chi connectivity index (χ4n) is 1.72. The predicted octanol–water partition coefficient (Wildman–Crippen LogP) is 5.36. The molecule has 0 aromatic heterocycles. The van der Waals surface area contributed by atoms with E-state index in [1.807, 2.05) is 6.07 Å². The molecule has 0 radical (unpaired) electrons. The van der Waals surface area contributed by atoms with Crippen molar-refractivity contribution in [2.75, 3.05) is 0 Å². The topological polar surface area (TPSA) is 86.2 Å². The summed E-state index contributed by atoms with van der Waals surface area (Å²) in [5, 5.41) is -1.76. The second-order valence-electron chi connectivity index (χ2n) is 4.59. The highest BCUT2D eigenvalue weighted by Gasteiger charge is 2.31. The van der Waals surface area contributed by atoms with Crippen LogP contribution < -0.4 is 11.7 Å². The lowest BCUT2D eigenvalue weighted by Gasteiger charge is -2.12. The maximum Gasteiger partial charge on any atom is 0.393 e. The lowest BCUT2D eigenvalue weighted by molar-refractivity contribution is -0.127. The molecule has 0 saturated carbocycles. The first-order valence-corrected chi connectivity index (χ1v) is 8.35. The maximum atomic E-state index is 12.2. The molecule has 0 unspecified atom stereocenters. The molecule has 27 heavy (non-hydrogen) atoms. The molecule has 4 N–H and O–H groups in total. The number of hydrogen-bond donors (Lipinski definition) is 2. The van der Waals surface area contributed by atoms with E-state index in [1.54, 1.807) is 24.3 Å². The fourth-order valence-corrected chi connectivity index (χ4v) is 2.43. The Morgan fingerprint density at radius 1 is 0.889 bits per heavy atom. The molecular formula is C16H13Cl4F3N2O2. The molecule has 0 amide bonds. The van der Waals surface area contributed by atoms with Gasteiger partial charge in [-0.1, -0.05) is 53.5 Å². The van der Waals surface area contributed by atoms with Gasteiger partial charge >= 0.3 is 6.18 Å². The van der Waals surface area contributed by atoms with Crippen LogP contribution in [0.5, 0.6) is 0 Å². The van der Waals surface area contributed by atoms with E-state index in [1.165, 1.54) is 6.07 Å². The van der Waals surface area contributed by atoms with Gasteiger partial charge in [0.25, 0.3) is 10.5 Å². The third-order valence-electron chi connectivity index (χ3n) is 2.79. The van der Waals surface area contributed by atoms with E-state index in [0.717, 1.165) is 6.07 Å². The van der Waals surface area contributed by atoms with Crippen molar-refractivity contribution in [1.82, 2.24) is 0 Å². The van der Waals surface area contributed by atoms with Gasteiger partial charge < -0.3 is 0 Å². The zero-order valence-electron chi connectivity index (χ0n) is 13.4. The fraction of sp³-hybridized carbons (Fsp3) is 0.125. The van der Waals surface area contributed by atoms with Crippen LogP contribution in [0, 0.1) is 0 Å². The van der Waals surface area contributed by atoms with Gasteiger partial charge in [-0.2, -0.15) is 13.2 Å². The van der Waals surface area contributed by atoms with Gasteiger partial charge in [0.1, 0.15) is 0 Å². The zero-order valence-corrected chi connectivity index (χ0v) is 16.4. The first-order valence-electron chi connectivity index (χ1n) is 6.84. The molecule has 0 fully saturated rings. The van der Waals surface area contributed by atoms with Crippen LogP contribution in [0.15, 0.2) is 42.5 Å². The summed E-state index contributed by atoms with van der Waals surface area (Å²) in [6.07, 6.45) is -5.84. The van der Waals surface area contributed by atoms with E-state index in [2.05, 4.69) is 11.7 Å². The van der Waals surface area contributed by atoms with Gasteiger partial charge in [-0.15, -0.1) is 0 Å². The molecular weight excluding hydrogens is 451 g/mol. The standard InChI is InChI=1S/C9H4Cl3F3O.C7H5ClO.H4N2/c10-6-2-1-4(8(12)16)5(7(6)11)3-9(13,14)15;8-7(9)6-4-2-1-3-5-6;1-2/h1-2H,3H2;1-5H;1-2H2. The van der Waals surface area contributed by atoms with Crippen LogP contribution >= 0.6 is 46.4 Å². The van der Waals surface area contributed by atoms with Crippen LogP contribution in [0.2, 0.25) is 10.0 Å². The molecule has 2 aromatic carbocycles. The van der Waals surface area contributed by atoms with Gasteiger partial charge in [0, 0.05) is 11.1 Å². The van der Waals surface area contributed by atoms with Crippen molar-refractivity contribution in [2.45, 2.75) is 12.6 Å². The Kier molecular flexibility index (Phi) is 11.6. The molecule has 0 spiro atoms. The van der Waals surface area contributed by atoms with Crippen molar-refractivity contribution in [2.24, 2.45) is 11.7 Å². The molecule has 0 aliphatic carbocycles. The first-order chi connectivity index (χ1) is 12.5. The molecule has 0 bridgehead atoms. The van der Waals surface area contributed by atoms with Crippen LogP contribution in [-0.4, -0.2) is 16.7 Å². The third-order valence-corrected chi connectivity index (χ3v) is 4.05.